The minimum absolute atomic E-state index is 0.522. The van der Waals surface area contributed by atoms with Gasteiger partial charge in [0.25, 0.3) is 0 Å². The third-order valence-electron chi connectivity index (χ3n) is 3.25. The first-order chi connectivity index (χ1) is 8.33. The van der Waals surface area contributed by atoms with Crippen LogP contribution < -0.4 is 5.73 Å². The smallest absolute Gasteiger partial charge is 0.197 e. The summed E-state index contributed by atoms with van der Waals surface area (Å²) in [4.78, 5) is 16.0. The number of aromatic nitrogens is 4. The van der Waals surface area contributed by atoms with Gasteiger partial charge in [-0.3, -0.25) is 0 Å². The molecule has 88 valence electrons. The van der Waals surface area contributed by atoms with Crippen molar-refractivity contribution in [1.82, 2.24) is 19.9 Å². The Balaban J connectivity index is 2.00. The maximum Gasteiger partial charge on any atom is 0.197 e. The fourth-order valence-corrected chi connectivity index (χ4v) is 2.41. The average Bonchev–Trinajstić information content (AvgIpc) is 3.02. The second kappa shape index (κ2) is 4.16. The number of H-pyrrole nitrogens is 1. The first-order valence-electron chi connectivity index (χ1n) is 5.97. The Morgan fingerprint density at radius 3 is 2.76 bits per heavy atom. The van der Waals surface area contributed by atoms with Gasteiger partial charge >= 0.3 is 0 Å². The van der Waals surface area contributed by atoms with E-state index in [9.17, 15) is 0 Å². The van der Waals surface area contributed by atoms with Crippen LogP contribution in [-0.4, -0.2) is 19.9 Å². The summed E-state index contributed by atoms with van der Waals surface area (Å²) in [6.07, 6.45) is 8.42. The van der Waals surface area contributed by atoms with Gasteiger partial charge in [0.2, 0.25) is 0 Å². The Kier molecular flexibility index (Phi) is 2.51. The van der Waals surface area contributed by atoms with Crippen molar-refractivity contribution in [1.29, 1.82) is 0 Å². The number of nitrogens with one attached hydrogen (secondary N) is 1. The molecule has 0 spiro atoms. The van der Waals surface area contributed by atoms with E-state index in [1.165, 1.54) is 25.7 Å². The Morgan fingerprint density at radius 1 is 1.24 bits per heavy atom. The molecule has 3 rings (SSSR count). The molecule has 0 aromatic carbocycles. The Bertz CT molecular complexity index is 500. The molecule has 1 aliphatic carbocycles. The first kappa shape index (κ1) is 10.3. The van der Waals surface area contributed by atoms with E-state index in [1.54, 1.807) is 12.4 Å². The van der Waals surface area contributed by atoms with Crippen LogP contribution in [0.3, 0.4) is 0 Å². The number of hydrogen-bond acceptors (Lipinski definition) is 4. The van der Waals surface area contributed by atoms with Crippen LogP contribution in [0.15, 0.2) is 18.5 Å². The van der Waals surface area contributed by atoms with Gasteiger partial charge in [-0.15, -0.1) is 0 Å². The lowest BCUT2D eigenvalue weighted by atomic mass is 10.0. The zero-order valence-corrected chi connectivity index (χ0v) is 9.56. The minimum Gasteiger partial charge on any atom is -0.384 e. The van der Waals surface area contributed by atoms with Crippen LogP contribution >= 0.6 is 0 Å². The van der Waals surface area contributed by atoms with Crippen molar-refractivity contribution >= 4 is 5.82 Å². The molecule has 0 atom stereocenters. The number of hydrogen-bond donors (Lipinski definition) is 2. The highest BCUT2D eigenvalue weighted by atomic mass is 15.0. The molecule has 1 aliphatic rings. The van der Waals surface area contributed by atoms with Crippen LogP contribution in [0.4, 0.5) is 5.82 Å². The molecule has 0 aliphatic heterocycles. The maximum atomic E-state index is 5.84. The SMILES string of the molecule is Nc1cc(C2CCCC2)nc(-c2ncc[nH]2)n1. The van der Waals surface area contributed by atoms with Gasteiger partial charge in [0, 0.05) is 30.1 Å². The molecular formula is C12H15N5. The lowest BCUT2D eigenvalue weighted by Gasteiger charge is -2.09. The third kappa shape index (κ3) is 2.00. The van der Waals surface area contributed by atoms with Crippen molar-refractivity contribution < 1.29 is 0 Å². The Labute approximate surface area is 99.5 Å². The number of aromatic amines is 1. The van der Waals surface area contributed by atoms with Crippen molar-refractivity contribution in [2.45, 2.75) is 31.6 Å². The molecule has 5 nitrogen and oxygen atoms in total. The number of rotatable bonds is 2. The summed E-state index contributed by atoms with van der Waals surface area (Å²) in [5.74, 6) is 2.33. The molecule has 2 aromatic rings. The predicted molar refractivity (Wildman–Crippen MR) is 65.2 cm³/mol. The highest BCUT2D eigenvalue weighted by Crippen LogP contribution is 2.33. The summed E-state index contributed by atoms with van der Waals surface area (Å²) >= 11 is 0. The van der Waals surface area contributed by atoms with Gasteiger partial charge in [0.1, 0.15) is 5.82 Å². The summed E-state index contributed by atoms with van der Waals surface area (Å²) in [5, 5.41) is 0. The van der Waals surface area contributed by atoms with E-state index >= 15 is 0 Å². The quantitative estimate of drug-likeness (QED) is 0.826. The Hall–Kier alpha value is -1.91. The van der Waals surface area contributed by atoms with Crippen molar-refractivity contribution in [3.05, 3.63) is 24.2 Å². The van der Waals surface area contributed by atoms with Gasteiger partial charge < -0.3 is 10.7 Å². The van der Waals surface area contributed by atoms with Gasteiger partial charge in [-0.05, 0) is 12.8 Å². The lowest BCUT2D eigenvalue weighted by Crippen LogP contribution is -2.04. The highest BCUT2D eigenvalue weighted by Gasteiger charge is 2.20. The van der Waals surface area contributed by atoms with Crippen LogP contribution in [0.1, 0.15) is 37.3 Å². The van der Waals surface area contributed by atoms with Crippen molar-refractivity contribution in [3.63, 3.8) is 0 Å². The van der Waals surface area contributed by atoms with Gasteiger partial charge in [0.15, 0.2) is 11.6 Å². The summed E-state index contributed by atoms with van der Waals surface area (Å²) < 4.78 is 0. The summed E-state index contributed by atoms with van der Waals surface area (Å²) in [6.45, 7) is 0. The molecular weight excluding hydrogens is 214 g/mol. The van der Waals surface area contributed by atoms with Crippen LogP contribution in [-0.2, 0) is 0 Å². The molecule has 2 aromatic heterocycles. The molecule has 3 N–H and O–H groups in total. The van der Waals surface area contributed by atoms with Crippen LogP contribution in [0.5, 0.6) is 0 Å². The summed E-state index contributed by atoms with van der Waals surface area (Å²) in [5.41, 5.74) is 6.90. The zero-order chi connectivity index (χ0) is 11.7. The number of imidazole rings is 1. The number of nitrogens with zero attached hydrogens (tertiary/aromatic N) is 3. The molecule has 2 heterocycles. The highest BCUT2D eigenvalue weighted by molar-refractivity contribution is 5.47. The fourth-order valence-electron chi connectivity index (χ4n) is 2.41. The standard InChI is InChI=1S/C12H15N5/c13-10-7-9(8-3-1-2-4-8)16-12(17-10)11-14-5-6-15-11/h5-8H,1-4H2,(H,14,15)(H2,13,16,17). The molecule has 0 unspecified atom stereocenters. The van der Waals surface area contributed by atoms with E-state index in [-0.39, 0.29) is 0 Å². The van der Waals surface area contributed by atoms with Gasteiger partial charge in [-0.25, -0.2) is 15.0 Å². The topological polar surface area (TPSA) is 80.5 Å². The molecule has 0 radical (unpaired) electrons. The Morgan fingerprint density at radius 2 is 2.06 bits per heavy atom. The minimum atomic E-state index is 0.522. The number of nitrogen functional groups attached to an aromatic ring is 1. The molecule has 0 amide bonds. The van der Waals surface area contributed by atoms with E-state index in [4.69, 9.17) is 5.73 Å². The van der Waals surface area contributed by atoms with Crippen molar-refractivity contribution in [2.24, 2.45) is 0 Å². The van der Waals surface area contributed by atoms with E-state index in [1.807, 2.05) is 6.07 Å². The average molecular weight is 229 g/mol. The monoisotopic (exact) mass is 229 g/mol. The zero-order valence-electron chi connectivity index (χ0n) is 9.56. The van der Waals surface area contributed by atoms with Gasteiger partial charge in [0.05, 0.1) is 0 Å². The van der Waals surface area contributed by atoms with Gasteiger partial charge in [-0.2, -0.15) is 0 Å². The van der Waals surface area contributed by atoms with E-state index in [2.05, 4.69) is 19.9 Å². The lowest BCUT2D eigenvalue weighted by molar-refractivity contribution is 0.695. The number of anilines is 1. The maximum absolute atomic E-state index is 5.84. The summed E-state index contributed by atoms with van der Waals surface area (Å²) in [7, 11) is 0. The molecule has 1 fully saturated rings. The second-order valence-electron chi connectivity index (χ2n) is 4.46. The van der Waals surface area contributed by atoms with Crippen LogP contribution in [0.25, 0.3) is 11.6 Å². The largest absolute Gasteiger partial charge is 0.384 e. The molecule has 17 heavy (non-hydrogen) atoms. The van der Waals surface area contributed by atoms with Crippen LogP contribution in [0.2, 0.25) is 0 Å². The van der Waals surface area contributed by atoms with E-state index in [0.717, 1.165) is 5.69 Å². The third-order valence-corrected chi connectivity index (χ3v) is 3.25. The molecule has 1 saturated carbocycles. The first-order valence-corrected chi connectivity index (χ1v) is 5.97. The van der Waals surface area contributed by atoms with E-state index in [0.29, 0.717) is 23.4 Å². The fraction of sp³-hybridized carbons (Fsp3) is 0.417. The molecule has 0 bridgehead atoms. The molecule has 0 saturated heterocycles. The van der Waals surface area contributed by atoms with Crippen molar-refractivity contribution in [2.75, 3.05) is 5.73 Å². The van der Waals surface area contributed by atoms with Gasteiger partial charge in [-0.1, -0.05) is 12.8 Å². The number of nitrogens with two attached hydrogens (primary N) is 1. The van der Waals surface area contributed by atoms with Crippen molar-refractivity contribution in [3.8, 4) is 11.6 Å². The predicted octanol–water partition coefficient (Wildman–Crippen LogP) is 2.11. The second-order valence-corrected chi connectivity index (χ2v) is 4.46. The van der Waals surface area contributed by atoms with Crippen LogP contribution in [0, 0.1) is 0 Å². The normalized spacial score (nSPS) is 16.5. The molecule has 5 heteroatoms. The van der Waals surface area contributed by atoms with E-state index < -0.39 is 0 Å². The summed E-state index contributed by atoms with van der Waals surface area (Å²) in [6, 6.07) is 1.89.